The fraction of sp³-hybridized carbons (Fsp3) is 0.133. The van der Waals surface area contributed by atoms with Crippen molar-refractivity contribution in [2.75, 3.05) is 18.2 Å². The fourth-order valence-electron chi connectivity index (χ4n) is 1.78. The summed E-state index contributed by atoms with van der Waals surface area (Å²) < 4.78 is 18.3. The van der Waals surface area contributed by atoms with Gasteiger partial charge < -0.3 is 15.8 Å². The maximum absolute atomic E-state index is 13.3. The van der Waals surface area contributed by atoms with E-state index in [9.17, 15) is 9.18 Å². The monoisotopic (exact) mass is 274 g/mol. The Morgan fingerprint density at radius 3 is 2.80 bits per heavy atom. The smallest absolute Gasteiger partial charge is 0.255 e. The van der Waals surface area contributed by atoms with Crippen molar-refractivity contribution in [3.63, 3.8) is 0 Å². The van der Waals surface area contributed by atoms with Gasteiger partial charge in [-0.2, -0.15) is 0 Å². The molecular formula is C15H15FN2O2. The van der Waals surface area contributed by atoms with Crippen LogP contribution in [0, 0.1) is 5.82 Å². The summed E-state index contributed by atoms with van der Waals surface area (Å²) in [6.07, 6.45) is 0. The molecule has 0 radical (unpaired) electrons. The molecule has 104 valence electrons. The Hall–Kier alpha value is -2.40. The minimum atomic E-state index is -0.606. The number of halogens is 1. The number of ether oxygens (including phenoxy) is 1. The Balaban J connectivity index is 2.14. The molecule has 2 aromatic carbocycles. The molecule has 0 atom stereocenters. The van der Waals surface area contributed by atoms with E-state index in [4.69, 9.17) is 10.5 Å². The van der Waals surface area contributed by atoms with E-state index in [1.165, 1.54) is 12.1 Å². The van der Waals surface area contributed by atoms with Gasteiger partial charge in [-0.3, -0.25) is 4.79 Å². The van der Waals surface area contributed by atoms with Crippen LogP contribution in [-0.4, -0.2) is 13.0 Å². The molecule has 0 saturated heterocycles. The van der Waals surface area contributed by atoms with E-state index in [0.29, 0.717) is 12.3 Å². The maximum atomic E-state index is 13.3. The van der Waals surface area contributed by atoms with Crippen molar-refractivity contribution >= 4 is 17.3 Å². The molecule has 5 heteroatoms. The van der Waals surface area contributed by atoms with Crippen molar-refractivity contribution in [2.45, 2.75) is 6.61 Å². The first kappa shape index (κ1) is 14.0. The average Bonchev–Trinajstić information content (AvgIpc) is 2.42. The highest BCUT2D eigenvalue weighted by Crippen LogP contribution is 2.15. The van der Waals surface area contributed by atoms with Gasteiger partial charge in [0.25, 0.3) is 5.91 Å². The van der Waals surface area contributed by atoms with Crippen LogP contribution in [0.2, 0.25) is 0 Å². The second-order valence-corrected chi connectivity index (χ2v) is 4.32. The lowest BCUT2D eigenvalue weighted by molar-refractivity contribution is 0.102. The average molecular weight is 274 g/mol. The van der Waals surface area contributed by atoms with Crippen LogP contribution in [0.4, 0.5) is 15.8 Å². The molecule has 3 N–H and O–H groups in total. The van der Waals surface area contributed by atoms with E-state index in [1.807, 2.05) is 12.1 Å². The maximum Gasteiger partial charge on any atom is 0.255 e. The Morgan fingerprint density at radius 2 is 2.10 bits per heavy atom. The highest BCUT2D eigenvalue weighted by molar-refractivity contribution is 6.04. The van der Waals surface area contributed by atoms with Crippen molar-refractivity contribution < 1.29 is 13.9 Å². The van der Waals surface area contributed by atoms with Gasteiger partial charge in [0.1, 0.15) is 5.82 Å². The lowest BCUT2D eigenvalue weighted by Gasteiger charge is -2.08. The number of carbonyl (C=O) groups excluding carboxylic acids is 1. The summed E-state index contributed by atoms with van der Waals surface area (Å²) in [6.45, 7) is 0.459. The van der Waals surface area contributed by atoms with Crippen LogP contribution in [0.15, 0.2) is 42.5 Å². The number of nitrogen functional groups attached to an aromatic ring is 1. The van der Waals surface area contributed by atoms with Crippen LogP contribution in [-0.2, 0) is 11.3 Å². The van der Waals surface area contributed by atoms with Crippen molar-refractivity contribution in [3.8, 4) is 0 Å². The molecule has 2 aromatic rings. The SMILES string of the molecule is COCc1cccc(NC(=O)c2ccc(N)c(F)c2)c1. The second-order valence-electron chi connectivity index (χ2n) is 4.32. The van der Waals surface area contributed by atoms with E-state index in [-0.39, 0.29) is 11.3 Å². The van der Waals surface area contributed by atoms with Gasteiger partial charge in [-0.25, -0.2) is 4.39 Å². The third-order valence-corrected chi connectivity index (χ3v) is 2.76. The number of methoxy groups -OCH3 is 1. The van der Waals surface area contributed by atoms with E-state index >= 15 is 0 Å². The second kappa shape index (κ2) is 6.16. The van der Waals surface area contributed by atoms with Crippen LogP contribution in [0.1, 0.15) is 15.9 Å². The fourth-order valence-corrected chi connectivity index (χ4v) is 1.78. The van der Waals surface area contributed by atoms with Crippen LogP contribution in [0.5, 0.6) is 0 Å². The third-order valence-electron chi connectivity index (χ3n) is 2.76. The molecule has 0 aliphatic rings. The van der Waals surface area contributed by atoms with Gasteiger partial charge in [0.2, 0.25) is 0 Å². The summed E-state index contributed by atoms with van der Waals surface area (Å²) in [7, 11) is 1.60. The summed E-state index contributed by atoms with van der Waals surface area (Å²) in [6, 6.07) is 11.2. The van der Waals surface area contributed by atoms with Gasteiger partial charge in [0.05, 0.1) is 12.3 Å². The zero-order chi connectivity index (χ0) is 14.5. The lowest BCUT2D eigenvalue weighted by atomic mass is 10.1. The summed E-state index contributed by atoms with van der Waals surface area (Å²) >= 11 is 0. The van der Waals surface area contributed by atoms with Gasteiger partial charge >= 0.3 is 0 Å². The Labute approximate surface area is 116 Å². The van der Waals surface area contributed by atoms with Gasteiger partial charge in [-0.05, 0) is 35.9 Å². The summed E-state index contributed by atoms with van der Waals surface area (Å²) in [5.74, 6) is -0.996. The van der Waals surface area contributed by atoms with E-state index in [1.54, 1.807) is 19.2 Å². The predicted molar refractivity (Wildman–Crippen MR) is 75.9 cm³/mol. The third kappa shape index (κ3) is 3.33. The number of hydrogen-bond acceptors (Lipinski definition) is 3. The van der Waals surface area contributed by atoms with Crippen LogP contribution in [0.3, 0.4) is 0 Å². The summed E-state index contributed by atoms with van der Waals surface area (Å²) in [5.41, 5.74) is 7.17. The molecule has 0 aliphatic carbocycles. The standard InChI is InChI=1S/C15H15FN2O2/c1-20-9-10-3-2-4-12(7-10)18-15(19)11-5-6-14(17)13(16)8-11/h2-8H,9,17H2,1H3,(H,18,19). The summed E-state index contributed by atoms with van der Waals surface area (Å²) in [4.78, 5) is 12.0. The predicted octanol–water partition coefficient (Wildman–Crippen LogP) is 2.81. The minimum Gasteiger partial charge on any atom is -0.396 e. The van der Waals surface area contributed by atoms with Gasteiger partial charge in [0, 0.05) is 18.4 Å². The van der Waals surface area contributed by atoms with Crippen LogP contribution in [0.25, 0.3) is 0 Å². The minimum absolute atomic E-state index is 0.0173. The normalized spacial score (nSPS) is 10.3. The zero-order valence-electron chi connectivity index (χ0n) is 11.0. The number of hydrogen-bond donors (Lipinski definition) is 2. The molecule has 0 unspecified atom stereocenters. The number of carbonyl (C=O) groups is 1. The Bertz CT molecular complexity index is 629. The number of nitrogens with two attached hydrogens (primary N) is 1. The number of nitrogens with one attached hydrogen (secondary N) is 1. The molecule has 0 aliphatic heterocycles. The molecule has 0 aromatic heterocycles. The van der Waals surface area contributed by atoms with Gasteiger partial charge in [0.15, 0.2) is 0 Å². The first-order chi connectivity index (χ1) is 9.60. The van der Waals surface area contributed by atoms with Crippen molar-refractivity contribution in [2.24, 2.45) is 0 Å². The molecule has 1 amide bonds. The number of rotatable bonds is 4. The zero-order valence-corrected chi connectivity index (χ0v) is 11.0. The Kier molecular flexibility index (Phi) is 4.32. The topological polar surface area (TPSA) is 64.3 Å². The highest BCUT2D eigenvalue weighted by atomic mass is 19.1. The van der Waals surface area contributed by atoms with Crippen molar-refractivity contribution in [1.82, 2.24) is 0 Å². The Morgan fingerprint density at radius 1 is 1.30 bits per heavy atom. The molecule has 2 rings (SSSR count). The summed E-state index contributed by atoms with van der Waals surface area (Å²) in [5, 5.41) is 2.70. The van der Waals surface area contributed by atoms with E-state index < -0.39 is 11.7 Å². The largest absolute Gasteiger partial charge is 0.396 e. The molecule has 4 nitrogen and oxygen atoms in total. The highest BCUT2D eigenvalue weighted by Gasteiger charge is 2.09. The molecule has 0 spiro atoms. The first-order valence-electron chi connectivity index (χ1n) is 6.04. The van der Waals surface area contributed by atoms with Crippen molar-refractivity contribution in [3.05, 3.63) is 59.4 Å². The van der Waals surface area contributed by atoms with Gasteiger partial charge in [-0.15, -0.1) is 0 Å². The molecule has 0 bridgehead atoms. The van der Waals surface area contributed by atoms with E-state index in [0.717, 1.165) is 11.6 Å². The first-order valence-corrected chi connectivity index (χ1v) is 6.04. The van der Waals surface area contributed by atoms with E-state index in [2.05, 4.69) is 5.32 Å². The quantitative estimate of drug-likeness (QED) is 0.843. The lowest BCUT2D eigenvalue weighted by Crippen LogP contribution is -2.12. The van der Waals surface area contributed by atoms with Crippen molar-refractivity contribution in [1.29, 1.82) is 0 Å². The van der Waals surface area contributed by atoms with Gasteiger partial charge in [-0.1, -0.05) is 12.1 Å². The molecule has 0 saturated carbocycles. The molecule has 0 fully saturated rings. The molecular weight excluding hydrogens is 259 g/mol. The molecule has 20 heavy (non-hydrogen) atoms. The number of anilines is 2. The molecule has 0 heterocycles. The van der Waals surface area contributed by atoms with Crippen LogP contribution < -0.4 is 11.1 Å². The van der Waals surface area contributed by atoms with Crippen LogP contribution >= 0.6 is 0 Å². The number of benzene rings is 2. The number of amides is 1.